The summed E-state index contributed by atoms with van der Waals surface area (Å²) in [6.07, 6.45) is 7.80. The first-order chi connectivity index (χ1) is 47.3. The maximum absolute atomic E-state index is 17.0. The van der Waals surface area contributed by atoms with Gasteiger partial charge in [0.25, 0.3) is 5.67 Å². The van der Waals surface area contributed by atoms with Gasteiger partial charge in [-0.15, -0.1) is 12.8 Å². The first-order valence-corrected chi connectivity index (χ1v) is 37.8. The van der Waals surface area contributed by atoms with Crippen LogP contribution in [0.4, 0.5) is 14.0 Å². The highest BCUT2D eigenvalue weighted by Crippen LogP contribution is 2.54. The summed E-state index contributed by atoms with van der Waals surface area (Å²) in [7, 11) is 8.11. The minimum atomic E-state index is -3.09. The number of nitrogens with zero attached hydrogens (tertiary/aromatic N) is 6. The molecular formula is C80H129FN6O16. The van der Waals surface area contributed by atoms with E-state index in [1.165, 1.54) is 0 Å². The van der Waals surface area contributed by atoms with Gasteiger partial charge in [0.15, 0.2) is 35.3 Å². The van der Waals surface area contributed by atoms with E-state index in [1.807, 2.05) is 137 Å². The van der Waals surface area contributed by atoms with E-state index in [0.717, 1.165) is 31.2 Å². The van der Waals surface area contributed by atoms with Crippen LogP contribution >= 0.6 is 0 Å². The molecule has 0 aromatic carbocycles. The van der Waals surface area contributed by atoms with Gasteiger partial charge in [-0.2, -0.15) is 0 Å². The number of esters is 2. The second kappa shape index (κ2) is 30.9. The number of amides is 2. The van der Waals surface area contributed by atoms with Gasteiger partial charge >= 0.3 is 24.1 Å². The third-order valence-corrected chi connectivity index (χ3v) is 26.0. The molecular weight excluding hydrogens is 1320 g/mol. The van der Waals surface area contributed by atoms with E-state index in [2.05, 4.69) is 56.5 Å². The van der Waals surface area contributed by atoms with Crippen molar-refractivity contribution in [2.75, 3.05) is 41.4 Å². The molecule has 6 fully saturated rings. The zero-order chi connectivity index (χ0) is 78.1. The Kier molecular flexibility index (Phi) is 25.5. The summed E-state index contributed by atoms with van der Waals surface area (Å²) in [5.74, 6) is -2.82. The number of cyclic esters (lactones) is 2. The molecule has 0 saturated carbocycles. The average Bonchev–Trinajstić information content (AvgIpc) is 1.56. The van der Waals surface area contributed by atoms with Crippen LogP contribution in [0.25, 0.3) is 0 Å². The van der Waals surface area contributed by atoms with Crippen molar-refractivity contribution in [3.63, 3.8) is 0 Å². The standard InChI is InChI=1S/C40H64FN3O8.C40H65N3O8/c1-17-19-48-38(12)21-22(3)29-25(6)30-40(14,52-35(47)44(30)37(10,11)36(8,9)42-29)28(18-2)50-34(46)39(13,41)31(45)26(7)32(38)51-33-24(5)27(43(15)16)20-23(4)49-33;1-17-19-47-39(13)21-22(3)30-25(6)32-40(14,51-36(46)43(32)38(11,12)37(9,10)41-30)29(18-2)49-34(45)27(8)31(44)26(7)33(39)50-35-24(5)28(42(15)16)20-23(4)48-35/h1,22-28,30,32-33H,18-21H2,2-16H3;1,22-29,32-33,35H,18-21H2,2-16H3/t22-,23-,24-,25+,26+,27+,28-,30-,32-,33+,38+,39+,40-;22-,23-,24-,25+,26+,27-,28+,29-,32-,33-,35+,39+,40-/m11/s1. The number of fused-ring (bicyclic) bond motifs is 2. The van der Waals surface area contributed by atoms with Gasteiger partial charge in [-0.1, -0.05) is 81.1 Å². The van der Waals surface area contributed by atoms with E-state index in [-0.39, 0.29) is 85.7 Å². The molecule has 0 aliphatic carbocycles. The molecule has 26 atom stereocenters. The topological polar surface area (TPSA) is 232 Å². The van der Waals surface area contributed by atoms with Crippen molar-refractivity contribution < 1.29 is 80.5 Å². The first kappa shape index (κ1) is 85.1. The molecule has 23 heteroatoms. The normalized spacial score (nSPS) is 43.5. The Balaban J connectivity index is 0.000000288. The second-order valence-electron chi connectivity index (χ2n) is 35.1. The molecule has 8 rings (SSSR count). The molecule has 22 nitrogen and oxygen atoms in total. The lowest BCUT2D eigenvalue weighted by Crippen LogP contribution is -2.64. The maximum atomic E-state index is 17.0. The summed E-state index contributed by atoms with van der Waals surface area (Å²) in [6, 6.07) is -0.910. The van der Waals surface area contributed by atoms with Gasteiger partial charge in [-0.25, -0.2) is 18.8 Å². The lowest BCUT2D eigenvalue weighted by Gasteiger charge is -2.48. The summed E-state index contributed by atoms with van der Waals surface area (Å²) >= 11 is 0. The Hall–Kier alpha value is -5.11. The number of ketones is 2. The van der Waals surface area contributed by atoms with Crippen LogP contribution in [0, 0.1) is 77.9 Å². The van der Waals surface area contributed by atoms with E-state index in [1.54, 1.807) is 39.5 Å². The Bertz CT molecular complexity index is 3280. The minimum Gasteiger partial charge on any atom is -0.458 e. The Morgan fingerprint density at radius 3 is 1.25 bits per heavy atom. The molecule has 582 valence electrons. The highest BCUT2D eigenvalue weighted by atomic mass is 19.1. The van der Waals surface area contributed by atoms with Crippen LogP contribution in [0.15, 0.2) is 9.98 Å². The van der Waals surface area contributed by atoms with E-state index in [0.29, 0.717) is 12.8 Å². The number of ether oxygens (including phenoxy) is 10. The summed E-state index contributed by atoms with van der Waals surface area (Å²) in [4.78, 5) is 104. The Morgan fingerprint density at radius 1 is 0.544 bits per heavy atom. The fraction of sp³-hybridized carbons (Fsp3) is 0.850. The molecule has 0 spiro atoms. The van der Waals surface area contributed by atoms with Crippen molar-refractivity contribution in [3.05, 3.63) is 0 Å². The molecule has 8 heterocycles. The average molecular weight is 1450 g/mol. The summed E-state index contributed by atoms with van der Waals surface area (Å²) in [5, 5.41) is 0. The van der Waals surface area contributed by atoms with E-state index < -0.39 is 153 Å². The van der Waals surface area contributed by atoms with Crippen molar-refractivity contribution in [2.24, 2.45) is 63.2 Å². The smallest absolute Gasteiger partial charge is 0.411 e. The number of carbonyl (C=O) groups is 6. The van der Waals surface area contributed by atoms with Gasteiger partial charge in [-0.3, -0.25) is 34.2 Å². The SMILES string of the molecule is C#CCO[C@@]1(C)C[C@@H](C)C2=NC(C)(C)C(C)(C)N3C(=O)O[C@](C)([C@@H](CC)OC(=O)[C@@](C)(F)C(=O)[C@H](C)[C@H]1O[C@@H]1O[C@H](C)C[C@H](N(C)C)[C@H]1C)[C@H]3[C@H]2C.C#CCO[C@@]1(C)C[C@@H](C)C2=NC(C)(C)C(C)(C)N3C(=O)O[C@](C)([C@@H](CC)OC(=O)[C@H](C)C(=O)[C@H](C)[C@H]1O[C@@H]1O[C@H](C)C[C@H](N(C)C)[C@H]1C)[C@H]3[C@H]2C. The van der Waals surface area contributed by atoms with Crippen LogP contribution < -0.4 is 0 Å². The van der Waals surface area contributed by atoms with Crippen molar-refractivity contribution >= 4 is 47.1 Å². The minimum absolute atomic E-state index is 0.0189. The Morgan fingerprint density at radius 2 is 0.903 bits per heavy atom. The fourth-order valence-electron chi connectivity index (χ4n) is 18.8. The molecule has 0 unspecified atom stereocenters. The first-order valence-electron chi connectivity index (χ1n) is 37.8. The number of terminal acetylenes is 2. The van der Waals surface area contributed by atoms with Crippen molar-refractivity contribution in [1.82, 2.24) is 19.6 Å². The number of rotatable bonds is 12. The van der Waals surface area contributed by atoms with Crippen molar-refractivity contribution in [3.8, 4) is 24.7 Å². The quantitative estimate of drug-likeness (QED) is 0.0765. The van der Waals surface area contributed by atoms with Crippen molar-refractivity contribution in [1.29, 1.82) is 0 Å². The predicted molar refractivity (Wildman–Crippen MR) is 393 cm³/mol. The highest BCUT2D eigenvalue weighted by Gasteiger charge is 2.69. The molecule has 8 aliphatic rings. The number of halogens is 1. The molecule has 6 saturated heterocycles. The summed E-state index contributed by atoms with van der Waals surface area (Å²) in [6.45, 7) is 49.1. The monoisotopic (exact) mass is 1450 g/mol. The lowest BCUT2D eigenvalue weighted by molar-refractivity contribution is -0.282. The highest BCUT2D eigenvalue weighted by molar-refractivity contribution is 6.08. The van der Waals surface area contributed by atoms with E-state index in [4.69, 9.17) is 70.2 Å². The number of carbonyl (C=O) groups excluding carboxylic acids is 6. The van der Waals surface area contributed by atoms with Crippen molar-refractivity contribution in [2.45, 2.75) is 342 Å². The van der Waals surface area contributed by atoms with Gasteiger partial charge in [0, 0.05) is 59.0 Å². The van der Waals surface area contributed by atoms with Crippen LogP contribution in [-0.4, -0.2) is 232 Å². The van der Waals surface area contributed by atoms with Gasteiger partial charge in [0.1, 0.15) is 31.3 Å². The number of hydrogen-bond donors (Lipinski definition) is 0. The third-order valence-electron chi connectivity index (χ3n) is 26.0. The van der Waals surface area contributed by atoms with Crippen LogP contribution in [0.3, 0.4) is 0 Å². The van der Waals surface area contributed by atoms with E-state index in [9.17, 15) is 28.8 Å². The van der Waals surface area contributed by atoms with Gasteiger partial charge in [0.05, 0.1) is 69.9 Å². The number of alkyl halides is 1. The van der Waals surface area contributed by atoms with Crippen LogP contribution in [0.1, 0.15) is 219 Å². The molecule has 4 bridgehead atoms. The second-order valence-corrected chi connectivity index (χ2v) is 35.1. The zero-order valence-corrected chi connectivity index (χ0v) is 68.0. The third kappa shape index (κ3) is 15.5. The molecule has 8 aliphatic heterocycles. The van der Waals surface area contributed by atoms with Crippen LogP contribution in [-0.2, 0) is 66.5 Å². The molecule has 103 heavy (non-hydrogen) atoms. The van der Waals surface area contributed by atoms with Gasteiger partial charge in [-0.05, 0) is 189 Å². The summed E-state index contributed by atoms with van der Waals surface area (Å²) < 4.78 is 81.5. The number of Topliss-reactive ketones (excluding diaryl/α,β-unsaturated/α-hetero) is 2. The molecule has 0 radical (unpaired) electrons. The van der Waals surface area contributed by atoms with E-state index >= 15 is 4.39 Å². The number of hydrogen-bond acceptors (Lipinski definition) is 20. The predicted octanol–water partition coefficient (Wildman–Crippen LogP) is 11.9. The van der Waals surface area contributed by atoms with Gasteiger partial charge < -0.3 is 57.2 Å². The zero-order valence-electron chi connectivity index (χ0n) is 68.0. The maximum Gasteiger partial charge on any atom is 0.411 e. The largest absolute Gasteiger partial charge is 0.458 e. The number of aliphatic imine (C=N–C) groups is 2. The van der Waals surface area contributed by atoms with Crippen LogP contribution in [0.2, 0.25) is 0 Å². The molecule has 2 amide bonds. The van der Waals surface area contributed by atoms with Crippen LogP contribution in [0.5, 0.6) is 0 Å². The lowest BCUT2D eigenvalue weighted by atomic mass is 9.72. The molecule has 0 aromatic heterocycles. The Labute approximate surface area is 616 Å². The fourth-order valence-corrected chi connectivity index (χ4v) is 18.8. The summed E-state index contributed by atoms with van der Waals surface area (Å²) in [5.41, 5.74) is -9.64. The molecule has 0 N–H and O–H groups in total. The van der Waals surface area contributed by atoms with Gasteiger partial charge in [0.2, 0.25) is 0 Å². The molecule has 0 aromatic rings.